The van der Waals surface area contributed by atoms with Crippen molar-refractivity contribution in [3.8, 4) is 0 Å². The molecule has 0 aromatic heterocycles. The van der Waals surface area contributed by atoms with Crippen molar-refractivity contribution >= 4 is 17.8 Å². The van der Waals surface area contributed by atoms with Crippen LogP contribution in [-0.4, -0.2) is 60.4 Å². The summed E-state index contributed by atoms with van der Waals surface area (Å²) < 4.78 is 2.85. The second-order valence-electron chi connectivity index (χ2n) is 8.21. The predicted molar refractivity (Wildman–Crippen MR) is 112 cm³/mol. The summed E-state index contributed by atoms with van der Waals surface area (Å²) in [6.07, 6.45) is 11.2. The third-order valence-electron chi connectivity index (χ3n) is 5.71. The maximum Gasteiger partial charge on any atom is 0.122 e. The third kappa shape index (κ3) is 9.23. The minimum atomic E-state index is -1.12. The molecule has 0 N–H and O–H groups in total. The minimum Gasteiger partial charge on any atom is -0.321 e. The van der Waals surface area contributed by atoms with Crippen molar-refractivity contribution in [1.82, 2.24) is 9.47 Å². The van der Waals surface area contributed by atoms with Gasteiger partial charge in [0, 0.05) is 35.7 Å². The molecule has 1 heterocycles. The molecule has 0 saturated carbocycles. The van der Waals surface area contributed by atoms with Crippen LogP contribution in [0.15, 0.2) is 11.3 Å². The topological polar surface area (TPSA) is 6.48 Å². The van der Waals surface area contributed by atoms with Gasteiger partial charge in [0.25, 0.3) is 0 Å². The molecule has 0 aromatic rings. The normalized spacial score (nSPS) is 19.1. The van der Waals surface area contributed by atoms with Crippen LogP contribution in [0.2, 0.25) is 25.2 Å². The molecule has 0 aromatic carbocycles. The quantitative estimate of drug-likeness (QED) is 0.403. The van der Waals surface area contributed by atoms with Crippen LogP contribution >= 0.6 is 0 Å². The molecule has 0 spiro atoms. The van der Waals surface area contributed by atoms with Gasteiger partial charge in [0.05, 0.1) is 0 Å². The van der Waals surface area contributed by atoms with Gasteiger partial charge in [-0.2, -0.15) is 0 Å². The summed E-state index contributed by atoms with van der Waals surface area (Å²) in [5.74, 6) is 0. The van der Waals surface area contributed by atoms with Crippen LogP contribution in [0.3, 0.4) is 0 Å². The number of likely N-dealkylation sites (N-methyl/N-ethyl adjacent to an activating group) is 1. The van der Waals surface area contributed by atoms with Crippen molar-refractivity contribution in [3.63, 3.8) is 0 Å². The van der Waals surface area contributed by atoms with E-state index in [9.17, 15) is 0 Å². The van der Waals surface area contributed by atoms with Crippen molar-refractivity contribution in [2.75, 3.05) is 33.2 Å². The number of hydrogen-bond acceptors (Lipinski definition) is 2. The smallest absolute Gasteiger partial charge is 0.122 e. The Morgan fingerprint density at radius 3 is 2.13 bits per heavy atom. The molecular formula is C19H42N2Si2. The first-order valence-corrected chi connectivity index (χ1v) is 14.9. The maximum absolute atomic E-state index is 2.85. The van der Waals surface area contributed by atoms with Crippen molar-refractivity contribution in [2.24, 2.45) is 0 Å². The van der Waals surface area contributed by atoms with E-state index in [-0.39, 0.29) is 9.52 Å². The summed E-state index contributed by atoms with van der Waals surface area (Å²) >= 11 is 0. The molecule has 0 radical (unpaired) electrons. The molecule has 2 nitrogen and oxygen atoms in total. The van der Waals surface area contributed by atoms with Gasteiger partial charge in [0.15, 0.2) is 0 Å². The molecule has 4 heteroatoms. The first-order chi connectivity index (χ1) is 11.0. The molecule has 23 heavy (non-hydrogen) atoms. The SMILES string of the molecule is CC=C(C)[SiH2]CCCCCCCC[Si](C)(C)N1CCN(C)CC1. The van der Waals surface area contributed by atoms with Gasteiger partial charge in [-0.05, 0) is 26.9 Å². The molecule has 0 atom stereocenters. The average molecular weight is 355 g/mol. The number of allylic oxidation sites excluding steroid dienone is 2. The van der Waals surface area contributed by atoms with Gasteiger partial charge in [0.2, 0.25) is 0 Å². The van der Waals surface area contributed by atoms with Crippen LogP contribution in [0.5, 0.6) is 0 Å². The number of piperazine rings is 1. The molecule has 1 rings (SSSR count). The highest BCUT2D eigenvalue weighted by molar-refractivity contribution is 6.74. The van der Waals surface area contributed by atoms with E-state index in [1.807, 2.05) is 0 Å². The van der Waals surface area contributed by atoms with Crippen LogP contribution in [0, 0.1) is 0 Å². The minimum absolute atomic E-state index is 0.115. The van der Waals surface area contributed by atoms with Gasteiger partial charge in [-0.3, -0.25) is 0 Å². The maximum atomic E-state index is 2.85. The third-order valence-corrected chi connectivity index (χ3v) is 11.5. The van der Waals surface area contributed by atoms with E-state index in [4.69, 9.17) is 0 Å². The van der Waals surface area contributed by atoms with Gasteiger partial charge in [0.1, 0.15) is 8.24 Å². The van der Waals surface area contributed by atoms with Crippen LogP contribution in [0.4, 0.5) is 0 Å². The molecule has 136 valence electrons. The molecule has 0 bridgehead atoms. The first kappa shape index (κ1) is 21.1. The average Bonchev–Trinajstić information content (AvgIpc) is 2.53. The van der Waals surface area contributed by atoms with Crippen molar-refractivity contribution in [1.29, 1.82) is 0 Å². The molecular weight excluding hydrogens is 312 g/mol. The molecule has 1 aliphatic heterocycles. The standard InChI is InChI=1S/C19H42N2Si2/c1-6-19(2)22-17-11-9-7-8-10-12-18-23(4,5)21-15-13-20(3)14-16-21/h6H,7-18,22H2,1-5H3. The van der Waals surface area contributed by atoms with E-state index in [0.29, 0.717) is 0 Å². The summed E-state index contributed by atoms with van der Waals surface area (Å²) in [5, 5.41) is 1.70. The summed E-state index contributed by atoms with van der Waals surface area (Å²) in [4.78, 5) is 2.47. The summed E-state index contributed by atoms with van der Waals surface area (Å²) in [5.41, 5.74) is 0. The fourth-order valence-corrected chi connectivity index (χ4v) is 7.85. The highest BCUT2D eigenvalue weighted by atomic mass is 28.3. The lowest BCUT2D eigenvalue weighted by Crippen LogP contribution is -2.56. The lowest BCUT2D eigenvalue weighted by Gasteiger charge is -2.42. The first-order valence-electron chi connectivity index (χ1n) is 10.0. The van der Waals surface area contributed by atoms with Crippen molar-refractivity contribution in [2.45, 2.75) is 77.6 Å². The molecule has 1 saturated heterocycles. The Hall–Kier alpha value is 0.0938. The number of nitrogens with zero attached hydrogens (tertiary/aromatic N) is 2. The van der Waals surface area contributed by atoms with Crippen molar-refractivity contribution < 1.29 is 0 Å². The zero-order chi connectivity index (χ0) is 17.1. The van der Waals surface area contributed by atoms with E-state index in [2.05, 4.69) is 49.5 Å². The van der Waals surface area contributed by atoms with E-state index in [1.165, 1.54) is 76.8 Å². The monoisotopic (exact) mass is 354 g/mol. The zero-order valence-corrected chi connectivity index (χ0v) is 19.1. The Balaban J connectivity index is 1.99. The summed E-state index contributed by atoms with van der Waals surface area (Å²) in [6, 6.07) is 3.03. The molecule has 0 amide bonds. The van der Waals surface area contributed by atoms with Gasteiger partial charge in [-0.1, -0.05) is 68.9 Å². The Kier molecular flexibility index (Phi) is 10.7. The number of rotatable bonds is 11. The Morgan fingerprint density at radius 2 is 1.52 bits per heavy atom. The lowest BCUT2D eigenvalue weighted by molar-refractivity contribution is 0.216. The van der Waals surface area contributed by atoms with Crippen LogP contribution in [0.25, 0.3) is 0 Å². The Labute approximate surface area is 149 Å². The highest BCUT2D eigenvalue weighted by Gasteiger charge is 2.30. The summed E-state index contributed by atoms with van der Waals surface area (Å²) in [6.45, 7) is 14.8. The van der Waals surface area contributed by atoms with Gasteiger partial charge in [-0.25, -0.2) is 0 Å². The lowest BCUT2D eigenvalue weighted by atomic mass is 10.1. The van der Waals surface area contributed by atoms with Crippen LogP contribution in [-0.2, 0) is 0 Å². The van der Waals surface area contributed by atoms with E-state index in [1.54, 1.807) is 5.20 Å². The second-order valence-corrected chi connectivity index (χ2v) is 15.3. The molecule has 0 aliphatic carbocycles. The van der Waals surface area contributed by atoms with Crippen LogP contribution < -0.4 is 0 Å². The van der Waals surface area contributed by atoms with Crippen LogP contribution in [0.1, 0.15) is 52.4 Å². The van der Waals surface area contributed by atoms with E-state index in [0.717, 1.165) is 0 Å². The van der Waals surface area contributed by atoms with Gasteiger partial charge >= 0.3 is 0 Å². The Morgan fingerprint density at radius 1 is 0.957 bits per heavy atom. The number of hydrogen-bond donors (Lipinski definition) is 0. The fraction of sp³-hybridized carbons (Fsp3) is 0.895. The van der Waals surface area contributed by atoms with Gasteiger partial charge < -0.3 is 9.47 Å². The fourth-order valence-electron chi connectivity index (χ4n) is 3.56. The van der Waals surface area contributed by atoms with Crippen molar-refractivity contribution in [3.05, 3.63) is 11.3 Å². The largest absolute Gasteiger partial charge is 0.321 e. The second kappa shape index (κ2) is 11.6. The summed E-state index contributed by atoms with van der Waals surface area (Å²) in [7, 11) is 1.25. The van der Waals surface area contributed by atoms with E-state index >= 15 is 0 Å². The molecule has 1 aliphatic rings. The zero-order valence-electron chi connectivity index (χ0n) is 16.7. The number of unbranched alkanes of at least 4 members (excludes halogenated alkanes) is 5. The molecule has 1 fully saturated rings. The highest BCUT2D eigenvalue weighted by Crippen LogP contribution is 2.21. The predicted octanol–water partition coefficient (Wildman–Crippen LogP) is 4.29. The Bertz CT molecular complexity index is 334. The molecule has 0 unspecified atom stereocenters. The van der Waals surface area contributed by atoms with E-state index < -0.39 is 8.24 Å². The van der Waals surface area contributed by atoms with Gasteiger partial charge in [-0.15, -0.1) is 0 Å².